The van der Waals surface area contributed by atoms with Gasteiger partial charge in [-0.1, -0.05) is 30.3 Å². The number of hydrogen-bond donors (Lipinski definition) is 0. The van der Waals surface area contributed by atoms with Gasteiger partial charge in [0.15, 0.2) is 0 Å². The molecule has 0 radical (unpaired) electrons. The number of benzene rings is 1. The fraction of sp³-hybridized carbons (Fsp3) is 0.500. The molecule has 5 nitrogen and oxygen atoms in total. The van der Waals surface area contributed by atoms with E-state index < -0.39 is 10.0 Å². The molecule has 1 amide bonds. The third-order valence-corrected chi connectivity index (χ3v) is 6.04. The summed E-state index contributed by atoms with van der Waals surface area (Å²) in [6, 6.07) is 9.36. The molecular weight excluding hydrogens is 324 g/mol. The molecule has 1 aromatic carbocycles. The summed E-state index contributed by atoms with van der Waals surface area (Å²) < 4.78 is 26.3. The Bertz CT molecular complexity index is 659. The number of piperidine rings is 1. The van der Waals surface area contributed by atoms with E-state index in [4.69, 9.17) is 0 Å². The van der Waals surface area contributed by atoms with Gasteiger partial charge < -0.3 is 4.90 Å². The van der Waals surface area contributed by atoms with Gasteiger partial charge in [0, 0.05) is 37.5 Å². The van der Waals surface area contributed by atoms with Gasteiger partial charge in [-0.15, -0.1) is 0 Å². The average molecular weight is 350 g/mol. The predicted molar refractivity (Wildman–Crippen MR) is 96.6 cm³/mol. The minimum Gasteiger partial charge on any atom is -0.343 e. The van der Waals surface area contributed by atoms with Crippen LogP contribution in [0.15, 0.2) is 35.7 Å². The van der Waals surface area contributed by atoms with E-state index in [0.717, 1.165) is 5.56 Å². The van der Waals surface area contributed by atoms with E-state index in [1.54, 1.807) is 6.08 Å². The van der Waals surface area contributed by atoms with Crippen molar-refractivity contribution < 1.29 is 13.2 Å². The maximum Gasteiger partial charge on any atom is 0.236 e. The number of amides is 1. The maximum atomic E-state index is 12.4. The van der Waals surface area contributed by atoms with Crippen LogP contribution in [0.1, 0.15) is 32.3 Å². The number of carbonyl (C=O) groups excluding carboxylic acids is 1. The molecule has 1 aromatic rings. The van der Waals surface area contributed by atoms with E-state index in [9.17, 15) is 13.2 Å². The molecule has 0 aliphatic carbocycles. The number of carbonyl (C=O) groups is 1. The van der Waals surface area contributed by atoms with E-state index in [0.29, 0.717) is 39.0 Å². The molecule has 6 heteroatoms. The van der Waals surface area contributed by atoms with Crippen LogP contribution >= 0.6 is 0 Å². The van der Waals surface area contributed by atoms with Gasteiger partial charge >= 0.3 is 0 Å². The largest absolute Gasteiger partial charge is 0.343 e. The summed E-state index contributed by atoms with van der Waals surface area (Å²) in [5.41, 5.74) is 0.854. The lowest BCUT2D eigenvalue weighted by Gasteiger charge is -2.32. The second-order valence-corrected chi connectivity index (χ2v) is 7.76. The molecule has 0 bridgehead atoms. The summed E-state index contributed by atoms with van der Waals surface area (Å²) in [5.74, 6) is 0.0892. The topological polar surface area (TPSA) is 57.7 Å². The third-order valence-electron chi connectivity index (χ3n) is 4.47. The van der Waals surface area contributed by atoms with Crippen molar-refractivity contribution in [3.8, 4) is 0 Å². The quantitative estimate of drug-likeness (QED) is 0.792. The van der Waals surface area contributed by atoms with Gasteiger partial charge in [-0.3, -0.25) is 4.79 Å². The van der Waals surface area contributed by atoms with Crippen LogP contribution in [0.4, 0.5) is 0 Å². The van der Waals surface area contributed by atoms with Crippen molar-refractivity contribution >= 4 is 22.0 Å². The summed E-state index contributed by atoms with van der Waals surface area (Å²) in [6.45, 7) is 6.14. The first-order chi connectivity index (χ1) is 11.5. The smallest absolute Gasteiger partial charge is 0.236 e. The standard InChI is InChI=1S/C18H26N2O3S/c1-3-19(4-2)18(21)17-10-13-20(14-11-17)24(22,23)15-12-16-8-6-5-7-9-16/h5-9,12,15,17H,3-4,10-11,13-14H2,1-2H3. The molecule has 0 saturated carbocycles. The third kappa shape index (κ3) is 4.68. The van der Waals surface area contributed by atoms with Crippen molar-refractivity contribution in [2.45, 2.75) is 26.7 Å². The highest BCUT2D eigenvalue weighted by molar-refractivity contribution is 7.92. The highest BCUT2D eigenvalue weighted by Gasteiger charge is 2.31. The van der Waals surface area contributed by atoms with Crippen LogP contribution in [-0.4, -0.2) is 49.7 Å². The molecule has 1 fully saturated rings. The summed E-state index contributed by atoms with van der Waals surface area (Å²) in [4.78, 5) is 14.2. The van der Waals surface area contributed by atoms with Crippen LogP contribution in [-0.2, 0) is 14.8 Å². The zero-order valence-corrected chi connectivity index (χ0v) is 15.2. The molecule has 0 N–H and O–H groups in total. The fourth-order valence-corrected chi connectivity index (χ4v) is 4.19. The van der Waals surface area contributed by atoms with E-state index in [1.807, 2.05) is 49.1 Å². The lowest BCUT2D eigenvalue weighted by Crippen LogP contribution is -2.43. The van der Waals surface area contributed by atoms with Crippen molar-refractivity contribution in [3.63, 3.8) is 0 Å². The van der Waals surface area contributed by atoms with Crippen molar-refractivity contribution in [1.82, 2.24) is 9.21 Å². The van der Waals surface area contributed by atoms with E-state index >= 15 is 0 Å². The molecule has 1 aliphatic rings. The molecule has 0 atom stereocenters. The predicted octanol–water partition coefficient (Wildman–Crippen LogP) is 2.57. The monoisotopic (exact) mass is 350 g/mol. The van der Waals surface area contributed by atoms with Crippen LogP contribution in [0.5, 0.6) is 0 Å². The molecule has 1 heterocycles. The summed E-state index contributed by atoms with van der Waals surface area (Å²) in [7, 11) is -3.43. The van der Waals surface area contributed by atoms with Gasteiger partial charge in [-0.05, 0) is 38.3 Å². The van der Waals surface area contributed by atoms with Gasteiger partial charge in [0.05, 0.1) is 0 Å². The fourth-order valence-electron chi connectivity index (χ4n) is 2.97. The molecule has 0 unspecified atom stereocenters. The highest BCUT2D eigenvalue weighted by Crippen LogP contribution is 2.22. The average Bonchev–Trinajstić information content (AvgIpc) is 2.62. The van der Waals surface area contributed by atoms with Gasteiger partial charge in [-0.25, -0.2) is 8.42 Å². The number of hydrogen-bond acceptors (Lipinski definition) is 3. The summed E-state index contributed by atoms with van der Waals surface area (Å²) in [5, 5.41) is 1.26. The number of sulfonamides is 1. The second kappa shape index (κ2) is 8.44. The Labute approximate surface area is 145 Å². The van der Waals surface area contributed by atoms with Crippen LogP contribution in [0, 0.1) is 5.92 Å². The first-order valence-electron chi connectivity index (χ1n) is 8.50. The molecule has 24 heavy (non-hydrogen) atoms. The van der Waals surface area contributed by atoms with Gasteiger partial charge in [0.1, 0.15) is 0 Å². The van der Waals surface area contributed by atoms with Crippen LogP contribution in [0.3, 0.4) is 0 Å². The molecular formula is C18H26N2O3S. The zero-order chi connectivity index (χ0) is 17.6. The zero-order valence-electron chi connectivity index (χ0n) is 14.4. The first kappa shape index (κ1) is 18.7. The lowest BCUT2D eigenvalue weighted by molar-refractivity contribution is -0.136. The van der Waals surface area contributed by atoms with Gasteiger partial charge in [0.2, 0.25) is 15.9 Å². The minimum absolute atomic E-state index is 0.0607. The van der Waals surface area contributed by atoms with Crippen LogP contribution in [0.25, 0.3) is 6.08 Å². The first-order valence-corrected chi connectivity index (χ1v) is 10.00. The van der Waals surface area contributed by atoms with Crippen molar-refractivity contribution in [2.75, 3.05) is 26.2 Å². The molecule has 132 valence electrons. The maximum absolute atomic E-state index is 12.4. The molecule has 0 aromatic heterocycles. The summed E-state index contributed by atoms with van der Waals surface area (Å²) >= 11 is 0. The van der Waals surface area contributed by atoms with Crippen molar-refractivity contribution in [2.24, 2.45) is 5.92 Å². The van der Waals surface area contributed by atoms with Crippen molar-refractivity contribution in [1.29, 1.82) is 0 Å². The Kier molecular flexibility index (Phi) is 6.57. The normalized spacial score (nSPS) is 17.2. The Morgan fingerprint density at radius 3 is 2.29 bits per heavy atom. The Hall–Kier alpha value is -1.66. The van der Waals surface area contributed by atoms with Gasteiger partial charge in [0.25, 0.3) is 0 Å². The van der Waals surface area contributed by atoms with E-state index in [-0.39, 0.29) is 11.8 Å². The molecule has 0 spiro atoms. The Balaban J connectivity index is 1.96. The molecule has 1 saturated heterocycles. The number of rotatable bonds is 6. The molecule has 1 aliphatic heterocycles. The van der Waals surface area contributed by atoms with E-state index in [2.05, 4.69) is 0 Å². The number of nitrogens with zero attached hydrogens (tertiary/aromatic N) is 2. The molecule has 2 rings (SSSR count). The van der Waals surface area contributed by atoms with Crippen molar-refractivity contribution in [3.05, 3.63) is 41.3 Å². The second-order valence-electron chi connectivity index (χ2n) is 5.94. The van der Waals surface area contributed by atoms with Crippen LogP contribution < -0.4 is 0 Å². The Morgan fingerprint density at radius 2 is 1.75 bits per heavy atom. The SMILES string of the molecule is CCN(CC)C(=O)C1CCN(S(=O)(=O)C=Cc2ccccc2)CC1. The summed E-state index contributed by atoms with van der Waals surface area (Å²) in [6.07, 6.45) is 2.80. The Morgan fingerprint density at radius 1 is 1.17 bits per heavy atom. The minimum atomic E-state index is -3.43. The van der Waals surface area contributed by atoms with E-state index in [1.165, 1.54) is 9.71 Å². The van der Waals surface area contributed by atoms with Gasteiger partial charge in [-0.2, -0.15) is 4.31 Å². The lowest BCUT2D eigenvalue weighted by atomic mass is 9.96. The van der Waals surface area contributed by atoms with Crippen LogP contribution in [0.2, 0.25) is 0 Å². The highest BCUT2D eigenvalue weighted by atomic mass is 32.2.